The molecule has 1 rings (SSSR count). The van der Waals surface area contributed by atoms with Crippen molar-refractivity contribution in [2.75, 3.05) is 6.61 Å². The lowest BCUT2D eigenvalue weighted by molar-refractivity contribution is -0.136. The molecule has 2 atom stereocenters. The minimum Gasteiger partial charge on any atom is -0.481 e. The molecule has 0 bridgehead atoms. The van der Waals surface area contributed by atoms with Gasteiger partial charge in [-0.1, -0.05) is 23.7 Å². The summed E-state index contributed by atoms with van der Waals surface area (Å²) in [7, 11) is 0. The summed E-state index contributed by atoms with van der Waals surface area (Å²) in [5.41, 5.74) is 0.660. The van der Waals surface area contributed by atoms with Gasteiger partial charge in [-0.15, -0.1) is 0 Å². The lowest BCUT2D eigenvalue weighted by Gasteiger charge is -2.17. The maximum atomic E-state index is 10.6. The van der Waals surface area contributed by atoms with Crippen molar-refractivity contribution in [2.45, 2.75) is 18.6 Å². The Labute approximate surface area is 103 Å². The van der Waals surface area contributed by atoms with E-state index >= 15 is 0 Å². The van der Waals surface area contributed by atoms with Crippen molar-refractivity contribution in [1.29, 1.82) is 0 Å². The molecule has 4 N–H and O–H groups in total. The fourth-order valence-electron chi connectivity index (χ4n) is 1.40. The van der Waals surface area contributed by atoms with Crippen molar-refractivity contribution >= 4 is 17.6 Å². The fraction of sp³-hybridized carbons (Fsp3) is 0.364. The van der Waals surface area contributed by atoms with Crippen molar-refractivity contribution in [3.63, 3.8) is 0 Å². The summed E-state index contributed by atoms with van der Waals surface area (Å²) >= 11 is 5.80. The van der Waals surface area contributed by atoms with Gasteiger partial charge in [-0.2, -0.15) is 0 Å². The standard InChI is InChI=1S/C11H13ClO5/c12-8-2-1-6(11(17)9(14)5-13)3-7(8)4-10(15)16/h1-3,9,11,13-14,17H,4-5H2,(H,15,16). The van der Waals surface area contributed by atoms with Crippen LogP contribution in [0.1, 0.15) is 17.2 Å². The van der Waals surface area contributed by atoms with Gasteiger partial charge in [-0.3, -0.25) is 4.79 Å². The summed E-state index contributed by atoms with van der Waals surface area (Å²) in [6, 6.07) is 4.32. The summed E-state index contributed by atoms with van der Waals surface area (Å²) in [4.78, 5) is 10.6. The molecule has 0 saturated carbocycles. The maximum absolute atomic E-state index is 10.6. The molecular formula is C11H13ClO5. The first kappa shape index (κ1) is 13.9. The van der Waals surface area contributed by atoms with Gasteiger partial charge in [0.15, 0.2) is 0 Å². The van der Waals surface area contributed by atoms with Crippen LogP contribution in [0.15, 0.2) is 18.2 Å². The lowest BCUT2D eigenvalue weighted by Crippen LogP contribution is -2.22. The molecule has 0 aliphatic heterocycles. The van der Waals surface area contributed by atoms with Gasteiger partial charge in [0.25, 0.3) is 0 Å². The topological polar surface area (TPSA) is 98.0 Å². The summed E-state index contributed by atoms with van der Waals surface area (Å²) in [5.74, 6) is -1.04. The Hall–Kier alpha value is -1.14. The van der Waals surface area contributed by atoms with Gasteiger partial charge in [0, 0.05) is 5.02 Å². The van der Waals surface area contributed by atoms with Crippen LogP contribution >= 0.6 is 11.6 Å². The largest absolute Gasteiger partial charge is 0.481 e. The molecule has 0 spiro atoms. The highest BCUT2D eigenvalue weighted by atomic mass is 35.5. The Morgan fingerprint density at radius 1 is 1.35 bits per heavy atom. The average molecular weight is 261 g/mol. The molecule has 0 aliphatic carbocycles. The van der Waals surface area contributed by atoms with Crippen LogP contribution in [-0.2, 0) is 11.2 Å². The molecule has 0 fully saturated rings. The van der Waals surface area contributed by atoms with Gasteiger partial charge in [-0.25, -0.2) is 0 Å². The first-order valence-corrected chi connectivity index (χ1v) is 5.30. The van der Waals surface area contributed by atoms with Crippen molar-refractivity contribution in [1.82, 2.24) is 0 Å². The third kappa shape index (κ3) is 3.67. The number of rotatable bonds is 5. The SMILES string of the molecule is O=C(O)Cc1cc(C(O)C(O)CO)ccc1Cl. The van der Waals surface area contributed by atoms with Gasteiger partial charge >= 0.3 is 5.97 Å². The molecule has 0 aliphatic rings. The number of carboxylic acids is 1. The Morgan fingerprint density at radius 3 is 2.53 bits per heavy atom. The minimum absolute atomic E-state index is 0.269. The van der Waals surface area contributed by atoms with Crippen molar-refractivity contribution in [3.8, 4) is 0 Å². The van der Waals surface area contributed by atoms with Crippen molar-refractivity contribution < 1.29 is 25.2 Å². The van der Waals surface area contributed by atoms with E-state index in [0.29, 0.717) is 11.1 Å². The molecule has 0 amide bonds. The first-order valence-electron chi connectivity index (χ1n) is 4.92. The number of aliphatic hydroxyl groups excluding tert-OH is 3. The highest BCUT2D eigenvalue weighted by molar-refractivity contribution is 6.31. The number of hydrogen-bond acceptors (Lipinski definition) is 4. The zero-order valence-electron chi connectivity index (χ0n) is 8.88. The van der Waals surface area contributed by atoms with E-state index in [4.69, 9.17) is 21.8 Å². The molecule has 5 nitrogen and oxygen atoms in total. The molecule has 6 heteroatoms. The monoisotopic (exact) mass is 260 g/mol. The quantitative estimate of drug-likeness (QED) is 0.613. The second-order valence-corrected chi connectivity index (χ2v) is 4.02. The number of carboxylic acid groups (broad SMARTS) is 1. The molecule has 0 aromatic heterocycles. The minimum atomic E-state index is -1.31. The Bertz CT molecular complexity index is 407. The van der Waals surface area contributed by atoms with Crippen LogP contribution in [-0.4, -0.2) is 39.1 Å². The third-order valence-electron chi connectivity index (χ3n) is 2.30. The zero-order chi connectivity index (χ0) is 13.0. The van der Waals surface area contributed by atoms with E-state index in [1.165, 1.54) is 18.2 Å². The maximum Gasteiger partial charge on any atom is 0.307 e. The molecular weight excluding hydrogens is 248 g/mol. The fourth-order valence-corrected chi connectivity index (χ4v) is 1.58. The highest BCUT2D eigenvalue weighted by Gasteiger charge is 2.18. The van der Waals surface area contributed by atoms with Gasteiger partial charge in [-0.05, 0) is 17.2 Å². The van der Waals surface area contributed by atoms with Crippen LogP contribution < -0.4 is 0 Å². The molecule has 0 radical (unpaired) electrons. The van der Waals surface area contributed by atoms with Crippen LogP contribution in [0.2, 0.25) is 5.02 Å². The Morgan fingerprint density at radius 2 is 2.00 bits per heavy atom. The van der Waals surface area contributed by atoms with Gasteiger partial charge in [0.05, 0.1) is 13.0 Å². The number of benzene rings is 1. The highest BCUT2D eigenvalue weighted by Crippen LogP contribution is 2.23. The molecule has 17 heavy (non-hydrogen) atoms. The van der Waals surface area contributed by atoms with Crippen LogP contribution in [0.3, 0.4) is 0 Å². The van der Waals surface area contributed by atoms with Gasteiger partial charge in [0.1, 0.15) is 12.2 Å². The second kappa shape index (κ2) is 5.97. The molecule has 94 valence electrons. The smallest absolute Gasteiger partial charge is 0.307 e. The number of aliphatic hydroxyl groups is 3. The van der Waals surface area contributed by atoms with E-state index in [1.807, 2.05) is 0 Å². The molecule has 0 heterocycles. The second-order valence-electron chi connectivity index (χ2n) is 3.62. The van der Waals surface area contributed by atoms with E-state index in [-0.39, 0.29) is 11.4 Å². The Kier molecular flexibility index (Phi) is 4.89. The van der Waals surface area contributed by atoms with Crippen LogP contribution in [0.4, 0.5) is 0 Å². The normalized spacial score (nSPS) is 14.4. The van der Waals surface area contributed by atoms with Crippen molar-refractivity contribution in [3.05, 3.63) is 34.3 Å². The third-order valence-corrected chi connectivity index (χ3v) is 2.67. The predicted molar refractivity (Wildman–Crippen MR) is 60.8 cm³/mol. The van der Waals surface area contributed by atoms with Gasteiger partial charge < -0.3 is 20.4 Å². The summed E-state index contributed by atoms with van der Waals surface area (Å²) in [6.07, 6.45) is -2.85. The van der Waals surface area contributed by atoms with Crippen LogP contribution in [0.5, 0.6) is 0 Å². The van der Waals surface area contributed by atoms with E-state index in [0.717, 1.165) is 0 Å². The van der Waals surface area contributed by atoms with Crippen LogP contribution in [0.25, 0.3) is 0 Å². The number of halogens is 1. The van der Waals surface area contributed by atoms with Crippen molar-refractivity contribution in [2.24, 2.45) is 0 Å². The van der Waals surface area contributed by atoms with E-state index in [1.54, 1.807) is 0 Å². The Balaban J connectivity index is 2.99. The average Bonchev–Trinajstić information content (AvgIpc) is 2.29. The van der Waals surface area contributed by atoms with E-state index in [9.17, 15) is 15.0 Å². The van der Waals surface area contributed by atoms with Crippen LogP contribution in [0, 0.1) is 0 Å². The molecule has 1 aromatic carbocycles. The molecule has 1 aromatic rings. The van der Waals surface area contributed by atoms with Gasteiger partial charge in [0.2, 0.25) is 0 Å². The summed E-state index contributed by atoms with van der Waals surface area (Å²) < 4.78 is 0. The summed E-state index contributed by atoms with van der Waals surface area (Å²) in [5, 5.41) is 36.6. The number of hydrogen-bond donors (Lipinski definition) is 4. The zero-order valence-corrected chi connectivity index (χ0v) is 9.63. The first-order chi connectivity index (χ1) is 7.95. The summed E-state index contributed by atoms with van der Waals surface area (Å²) in [6.45, 7) is -0.585. The predicted octanol–water partition coefficient (Wildman–Crippen LogP) is 0.354. The molecule has 2 unspecified atom stereocenters. The lowest BCUT2D eigenvalue weighted by atomic mass is 10.0. The van der Waals surface area contributed by atoms with E-state index in [2.05, 4.69) is 0 Å². The molecule has 0 saturated heterocycles. The van der Waals surface area contributed by atoms with E-state index < -0.39 is 24.8 Å². The number of carbonyl (C=O) groups is 1. The number of aliphatic carboxylic acids is 1.